The molecule has 3 aromatic carbocycles. The number of ether oxygens (including phenoxy) is 1. The van der Waals surface area contributed by atoms with E-state index in [9.17, 15) is 42.3 Å². The number of Topliss-reactive ketones (excluding diaryl/α,β-unsaturated/α-hetero) is 1. The summed E-state index contributed by atoms with van der Waals surface area (Å²) >= 11 is 14.2. The zero-order valence-electron chi connectivity index (χ0n) is 26.3. The lowest BCUT2D eigenvalue weighted by molar-refractivity contribution is -0.125. The van der Waals surface area contributed by atoms with Crippen LogP contribution in [0.2, 0.25) is 0 Å². The SMILES string of the molecule is COc1cccc(O)c1C1C2=CCC3C(=O)N(c4ccc(C(C)=O)cc4)C(=O)C3C2CC2(Cl)C(=O)N(c3c(F)c(F)c(F)c(F)c3F)C(=O)C12Cl. The molecule has 0 radical (unpaired) electrons. The van der Waals surface area contributed by atoms with Crippen molar-refractivity contribution in [2.75, 3.05) is 16.9 Å². The van der Waals surface area contributed by atoms with Crippen LogP contribution in [-0.2, 0) is 19.2 Å². The largest absolute Gasteiger partial charge is 0.508 e. The molecule has 4 amide bonds. The summed E-state index contributed by atoms with van der Waals surface area (Å²) in [4.78, 5) is 63.6. The maximum absolute atomic E-state index is 15.2. The quantitative estimate of drug-likeness (QED) is 0.0640. The van der Waals surface area contributed by atoms with Gasteiger partial charge in [0.1, 0.15) is 17.2 Å². The van der Waals surface area contributed by atoms with Crippen LogP contribution in [0.5, 0.6) is 11.5 Å². The fourth-order valence-corrected chi connectivity index (χ4v) is 8.90. The normalized spacial score (nSPS) is 28.5. The average Bonchev–Trinajstić information content (AvgIpc) is 3.44. The van der Waals surface area contributed by atoms with E-state index in [-0.39, 0.29) is 39.7 Å². The van der Waals surface area contributed by atoms with Gasteiger partial charge in [-0.1, -0.05) is 17.7 Å². The number of methoxy groups -OCH3 is 1. The molecule has 3 aromatic rings. The standard InChI is InChI=1S/C35H23Cl2F5N2O7/c1-13(45)14-6-8-15(9-7-14)43-30(47)17-11-10-16-18(21(17)31(43)48)12-34(36)32(49)44(29-27(41)25(39)24(38)26(40)28(29)42)33(50)35(34,37)23(16)22-19(46)4-3-5-20(22)51-2/h3-10,17-18,21,23,46H,11-12H2,1-2H3. The number of allylic oxidation sites excluding steroid dienone is 2. The molecule has 2 aliphatic carbocycles. The number of amides is 4. The molecule has 51 heavy (non-hydrogen) atoms. The van der Waals surface area contributed by atoms with E-state index >= 15 is 8.78 Å². The number of phenols is 1. The minimum absolute atomic E-state index is 0.0985. The molecule has 6 atom stereocenters. The van der Waals surface area contributed by atoms with Gasteiger partial charge in [0.2, 0.25) is 17.6 Å². The van der Waals surface area contributed by atoms with E-state index in [1.54, 1.807) is 0 Å². The molecule has 16 heteroatoms. The van der Waals surface area contributed by atoms with Crippen molar-refractivity contribution in [3.8, 4) is 11.5 Å². The number of benzene rings is 3. The number of hydrogen-bond donors (Lipinski definition) is 1. The Labute approximate surface area is 295 Å². The highest BCUT2D eigenvalue weighted by Gasteiger charge is 2.77. The van der Waals surface area contributed by atoms with E-state index in [4.69, 9.17) is 27.9 Å². The summed E-state index contributed by atoms with van der Waals surface area (Å²) in [7, 11) is 1.20. The molecule has 2 aliphatic heterocycles. The number of phenolic OH excluding ortho intramolecular Hbond substituents is 1. The highest BCUT2D eigenvalue weighted by molar-refractivity contribution is 6.58. The van der Waals surface area contributed by atoms with E-state index in [1.807, 2.05) is 0 Å². The van der Waals surface area contributed by atoms with Crippen LogP contribution in [0, 0.1) is 46.8 Å². The first kappa shape index (κ1) is 34.6. The van der Waals surface area contributed by atoms with Crippen molar-refractivity contribution in [1.29, 1.82) is 0 Å². The third kappa shape index (κ3) is 4.41. The fraction of sp³-hybridized carbons (Fsp3) is 0.286. The molecule has 1 saturated carbocycles. The van der Waals surface area contributed by atoms with E-state index in [2.05, 4.69) is 0 Å². The van der Waals surface area contributed by atoms with Crippen molar-refractivity contribution in [2.45, 2.75) is 35.4 Å². The van der Waals surface area contributed by atoms with Crippen molar-refractivity contribution in [3.63, 3.8) is 0 Å². The minimum Gasteiger partial charge on any atom is -0.508 e. The second-order valence-electron chi connectivity index (χ2n) is 12.7. The highest BCUT2D eigenvalue weighted by Crippen LogP contribution is 2.67. The molecule has 0 bridgehead atoms. The van der Waals surface area contributed by atoms with Crippen LogP contribution in [0.4, 0.5) is 33.3 Å². The Morgan fingerprint density at radius 2 is 1.45 bits per heavy atom. The van der Waals surface area contributed by atoms with Gasteiger partial charge in [-0.25, -0.2) is 26.9 Å². The Kier molecular flexibility index (Phi) is 7.88. The summed E-state index contributed by atoms with van der Waals surface area (Å²) in [5.41, 5.74) is -1.56. The molecule has 0 aromatic heterocycles. The number of aromatic hydroxyl groups is 1. The summed E-state index contributed by atoms with van der Waals surface area (Å²) in [5, 5.41) is 11.2. The van der Waals surface area contributed by atoms with Gasteiger partial charge in [-0.05, 0) is 62.1 Å². The molecule has 7 rings (SSSR count). The average molecular weight is 749 g/mol. The molecule has 1 N–H and O–H groups in total. The van der Waals surface area contributed by atoms with Gasteiger partial charge < -0.3 is 9.84 Å². The predicted octanol–water partition coefficient (Wildman–Crippen LogP) is 6.07. The molecular weight excluding hydrogens is 726 g/mol. The number of alkyl halides is 2. The zero-order chi connectivity index (χ0) is 37.1. The number of carbonyl (C=O) groups excluding carboxylic acids is 5. The van der Waals surface area contributed by atoms with E-state index in [0.29, 0.717) is 5.56 Å². The maximum atomic E-state index is 15.2. The lowest BCUT2D eigenvalue weighted by Crippen LogP contribution is -2.60. The maximum Gasteiger partial charge on any atom is 0.258 e. The van der Waals surface area contributed by atoms with Crippen molar-refractivity contribution in [3.05, 3.63) is 94.3 Å². The molecule has 4 aliphatic rings. The van der Waals surface area contributed by atoms with Crippen LogP contribution in [0.15, 0.2) is 54.1 Å². The Morgan fingerprint density at radius 1 is 0.843 bits per heavy atom. The van der Waals surface area contributed by atoms with Crippen LogP contribution in [0.25, 0.3) is 0 Å². The third-order valence-corrected chi connectivity index (χ3v) is 11.7. The Balaban J connectivity index is 1.43. The lowest BCUT2D eigenvalue weighted by atomic mass is 9.56. The van der Waals surface area contributed by atoms with Crippen molar-refractivity contribution in [2.24, 2.45) is 17.8 Å². The number of rotatable bonds is 5. The number of carbonyl (C=O) groups is 5. The molecule has 2 heterocycles. The minimum atomic E-state index is -2.83. The second kappa shape index (κ2) is 11.6. The van der Waals surface area contributed by atoms with E-state index < -0.39 is 104 Å². The van der Waals surface area contributed by atoms with Gasteiger partial charge in [0.05, 0.1) is 24.6 Å². The van der Waals surface area contributed by atoms with Crippen molar-refractivity contribution in [1.82, 2.24) is 0 Å². The van der Waals surface area contributed by atoms with Crippen LogP contribution in [0.3, 0.4) is 0 Å². The number of nitrogens with zero attached hydrogens (tertiary/aromatic N) is 2. The van der Waals surface area contributed by atoms with Crippen LogP contribution in [-0.4, -0.2) is 51.4 Å². The Bertz CT molecular complexity index is 2140. The molecule has 6 unspecified atom stereocenters. The lowest BCUT2D eigenvalue weighted by Gasteiger charge is -2.50. The van der Waals surface area contributed by atoms with Crippen molar-refractivity contribution < 1.29 is 55.8 Å². The number of anilines is 2. The zero-order valence-corrected chi connectivity index (χ0v) is 27.8. The summed E-state index contributed by atoms with van der Waals surface area (Å²) in [6.07, 6.45) is 0.667. The van der Waals surface area contributed by atoms with E-state index in [1.165, 1.54) is 62.6 Å². The first-order chi connectivity index (χ1) is 24.0. The van der Waals surface area contributed by atoms with Gasteiger partial charge in [-0.15, -0.1) is 23.2 Å². The number of hydrogen-bond acceptors (Lipinski definition) is 7. The number of imide groups is 2. The van der Waals surface area contributed by atoms with Crippen LogP contribution < -0.4 is 14.5 Å². The highest BCUT2D eigenvalue weighted by atomic mass is 35.5. The molecule has 264 valence electrons. The fourth-order valence-electron chi connectivity index (χ4n) is 7.98. The number of ketones is 1. The van der Waals surface area contributed by atoms with Gasteiger partial charge in [-0.3, -0.25) is 28.9 Å². The third-order valence-electron chi connectivity index (χ3n) is 10.3. The number of halogens is 7. The molecule has 2 saturated heterocycles. The first-order valence-corrected chi connectivity index (χ1v) is 16.1. The van der Waals surface area contributed by atoms with Gasteiger partial charge in [0.25, 0.3) is 11.8 Å². The molecule has 9 nitrogen and oxygen atoms in total. The number of fused-ring (bicyclic) bond motifs is 4. The second-order valence-corrected chi connectivity index (χ2v) is 13.9. The molecule has 0 spiro atoms. The molecule has 3 fully saturated rings. The Morgan fingerprint density at radius 3 is 2.04 bits per heavy atom. The summed E-state index contributed by atoms with van der Waals surface area (Å²) < 4.78 is 78.9. The predicted molar refractivity (Wildman–Crippen MR) is 170 cm³/mol. The first-order valence-electron chi connectivity index (χ1n) is 15.4. The smallest absolute Gasteiger partial charge is 0.258 e. The van der Waals surface area contributed by atoms with Crippen molar-refractivity contribution >= 4 is 64.0 Å². The molecular formula is C35H23Cl2F5N2O7. The summed E-state index contributed by atoms with van der Waals surface area (Å²) in [6, 6.07) is 9.58. The van der Waals surface area contributed by atoms with Crippen LogP contribution in [0.1, 0.15) is 41.6 Å². The topological polar surface area (TPSA) is 121 Å². The van der Waals surface area contributed by atoms with Gasteiger partial charge in [0, 0.05) is 17.0 Å². The summed E-state index contributed by atoms with van der Waals surface area (Å²) in [5.74, 6) is -23.3. The van der Waals surface area contributed by atoms with Crippen LogP contribution >= 0.6 is 23.2 Å². The summed E-state index contributed by atoms with van der Waals surface area (Å²) in [6.45, 7) is 1.34. The van der Waals surface area contributed by atoms with Gasteiger partial charge >= 0.3 is 0 Å². The van der Waals surface area contributed by atoms with Gasteiger partial charge in [0.15, 0.2) is 38.8 Å². The van der Waals surface area contributed by atoms with E-state index in [0.717, 1.165) is 4.90 Å². The Hall–Kier alpha value is -4.82. The monoisotopic (exact) mass is 748 g/mol. The van der Waals surface area contributed by atoms with Gasteiger partial charge in [-0.2, -0.15) is 0 Å².